The Hall–Kier alpha value is -2.83. The van der Waals surface area contributed by atoms with E-state index in [1.165, 1.54) is 6.07 Å². The molecule has 0 aliphatic heterocycles. The van der Waals surface area contributed by atoms with Crippen LogP contribution in [-0.2, 0) is 4.79 Å². The van der Waals surface area contributed by atoms with Gasteiger partial charge in [-0.1, -0.05) is 30.3 Å². The second kappa shape index (κ2) is 6.95. The summed E-state index contributed by atoms with van der Waals surface area (Å²) >= 11 is 0. The molecule has 0 aliphatic rings. The molecule has 0 amide bonds. The molecule has 0 spiro atoms. The number of benzene rings is 1. The summed E-state index contributed by atoms with van der Waals surface area (Å²) in [5.41, 5.74) is -0.214. The van der Waals surface area contributed by atoms with E-state index in [4.69, 9.17) is 5.11 Å². The highest BCUT2D eigenvalue weighted by molar-refractivity contribution is 5.68. The molecule has 0 bridgehead atoms. The fraction of sp³-hybridized carbons (Fsp3) is 0.312. The number of nitrogens with one attached hydrogen (secondary N) is 2. The monoisotopic (exact) mass is 317 g/mol. The van der Waals surface area contributed by atoms with Gasteiger partial charge >= 0.3 is 11.7 Å². The van der Waals surface area contributed by atoms with Crippen LogP contribution in [0.5, 0.6) is 0 Å². The average Bonchev–Trinajstić information content (AvgIpc) is 2.46. The third kappa shape index (κ3) is 4.09. The highest BCUT2D eigenvalue weighted by Crippen LogP contribution is 2.20. The summed E-state index contributed by atoms with van der Waals surface area (Å²) in [6.45, 7) is 3.47. The lowest BCUT2D eigenvalue weighted by atomic mass is 10.0. The Morgan fingerprint density at radius 2 is 1.91 bits per heavy atom. The second-order valence-electron chi connectivity index (χ2n) is 5.50. The molecule has 1 aromatic heterocycles. The Morgan fingerprint density at radius 3 is 2.43 bits per heavy atom. The zero-order valence-corrected chi connectivity index (χ0v) is 12.9. The van der Waals surface area contributed by atoms with Crippen LogP contribution in [0.2, 0.25) is 0 Å². The summed E-state index contributed by atoms with van der Waals surface area (Å²) in [6.07, 6.45) is -0.181. The third-order valence-corrected chi connectivity index (χ3v) is 3.39. The zero-order chi connectivity index (χ0) is 17.0. The van der Waals surface area contributed by atoms with Gasteiger partial charge in [0, 0.05) is 12.1 Å². The number of rotatable bonds is 6. The minimum Gasteiger partial charge on any atom is -0.481 e. The number of aromatic nitrogens is 2. The number of carboxylic acids is 1. The number of aromatic amines is 1. The van der Waals surface area contributed by atoms with Crippen molar-refractivity contribution in [3.05, 3.63) is 62.8 Å². The minimum atomic E-state index is -0.982. The Kier molecular flexibility index (Phi) is 5.00. The van der Waals surface area contributed by atoms with Gasteiger partial charge in [-0.2, -0.15) is 0 Å². The molecular formula is C16H19N3O4. The Bertz CT molecular complexity index is 762. The van der Waals surface area contributed by atoms with Crippen LogP contribution < -0.4 is 16.6 Å². The van der Waals surface area contributed by atoms with Gasteiger partial charge in [0.2, 0.25) is 0 Å². The molecule has 0 fully saturated rings. The number of hydrogen-bond acceptors (Lipinski definition) is 4. The quantitative estimate of drug-likeness (QED) is 0.753. The van der Waals surface area contributed by atoms with Gasteiger partial charge in [-0.15, -0.1) is 0 Å². The van der Waals surface area contributed by atoms with Crippen molar-refractivity contribution in [3.63, 3.8) is 0 Å². The molecule has 122 valence electrons. The van der Waals surface area contributed by atoms with Crippen molar-refractivity contribution >= 4 is 11.8 Å². The number of carbonyl (C=O) groups is 1. The van der Waals surface area contributed by atoms with Crippen LogP contribution in [0.25, 0.3) is 0 Å². The summed E-state index contributed by atoms with van der Waals surface area (Å²) in [6, 6.07) is 9.44. The Balaban J connectivity index is 2.36. The first-order chi connectivity index (χ1) is 10.9. The summed E-state index contributed by atoms with van der Waals surface area (Å²) < 4.78 is 1.10. The van der Waals surface area contributed by atoms with Gasteiger partial charge in [-0.05, 0) is 19.4 Å². The van der Waals surface area contributed by atoms with Crippen LogP contribution in [0, 0.1) is 0 Å². The summed E-state index contributed by atoms with van der Waals surface area (Å²) in [5.74, 6) is -0.781. The lowest BCUT2D eigenvalue weighted by molar-refractivity contribution is -0.137. The fourth-order valence-electron chi connectivity index (χ4n) is 2.37. The number of nitrogens with zero attached hydrogens (tertiary/aromatic N) is 1. The van der Waals surface area contributed by atoms with Gasteiger partial charge < -0.3 is 10.4 Å². The average molecular weight is 317 g/mol. The number of carboxylic acid groups (broad SMARTS) is 1. The van der Waals surface area contributed by atoms with Gasteiger partial charge in [0.05, 0.1) is 12.5 Å². The van der Waals surface area contributed by atoms with Crippen molar-refractivity contribution in [2.45, 2.75) is 32.4 Å². The van der Waals surface area contributed by atoms with Gasteiger partial charge in [-0.3, -0.25) is 19.1 Å². The maximum atomic E-state index is 12.0. The molecule has 2 rings (SSSR count). The molecule has 0 radical (unpaired) electrons. The van der Waals surface area contributed by atoms with E-state index in [0.717, 1.165) is 10.1 Å². The van der Waals surface area contributed by atoms with E-state index in [1.54, 1.807) is 38.1 Å². The molecular weight excluding hydrogens is 298 g/mol. The van der Waals surface area contributed by atoms with Crippen LogP contribution in [0.15, 0.2) is 46.0 Å². The third-order valence-electron chi connectivity index (χ3n) is 3.39. The maximum absolute atomic E-state index is 12.0. The van der Waals surface area contributed by atoms with E-state index in [0.29, 0.717) is 0 Å². The van der Waals surface area contributed by atoms with Gasteiger partial charge in [0.15, 0.2) is 0 Å². The number of H-pyrrole nitrogens is 1. The molecule has 1 heterocycles. The van der Waals surface area contributed by atoms with Crippen molar-refractivity contribution < 1.29 is 9.90 Å². The van der Waals surface area contributed by atoms with E-state index >= 15 is 0 Å². The normalized spacial score (nSPS) is 12.1. The molecule has 1 aromatic carbocycles. The molecule has 2 aromatic rings. The van der Waals surface area contributed by atoms with Gasteiger partial charge in [-0.25, -0.2) is 4.79 Å². The minimum absolute atomic E-state index is 0.181. The Labute approximate surface area is 132 Å². The van der Waals surface area contributed by atoms with E-state index in [1.807, 2.05) is 6.07 Å². The molecule has 3 N–H and O–H groups in total. The van der Waals surface area contributed by atoms with Crippen LogP contribution in [0.4, 0.5) is 5.82 Å². The second-order valence-corrected chi connectivity index (χ2v) is 5.50. The van der Waals surface area contributed by atoms with E-state index < -0.39 is 23.3 Å². The van der Waals surface area contributed by atoms with E-state index in [9.17, 15) is 14.4 Å². The number of anilines is 1. The summed E-state index contributed by atoms with van der Waals surface area (Å²) in [5, 5.41) is 12.0. The first-order valence-corrected chi connectivity index (χ1v) is 7.27. The molecule has 0 saturated heterocycles. The van der Waals surface area contributed by atoms with Crippen LogP contribution in [-0.4, -0.2) is 20.6 Å². The highest BCUT2D eigenvalue weighted by atomic mass is 16.4. The van der Waals surface area contributed by atoms with Crippen molar-refractivity contribution in [1.29, 1.82) is 0 Å². The predicted octanol–water partition coefficient (Wildman–Crippen LogP) is 1.75. The molecule has 0 aliphatic carbocycles. The SMILES string of the molecule is CC(C)n1c(=O)cc(NC(CC(=O)O)c2ccccc2)[nH]c1=O. The van der Waals surface area contributed by atoms with E-state index in [-0.39, 0.29) is 18.3 Å². The topological polar surface area (TPSA) is 104 Å². The largest absolute Gasteiger partial charge is 0.481 e. The van der Waals surface area contributed by atoms with Gasteiger partial charge in [0.1, 0.15) is 5.82 Å². The van der Waals surface area contributed by atoms with Gasteiger partial charge in [0.25, 0.3) is 5.56 Å². The lowest BCUT2D eigenvalue weighted by Gasteiger charge is -2.19. The highest BCUT2D eigenvalue weighted by Gasteiger charge is 2.17. The first-order valence-electron chi connectivity index (χ1n) is 7.27. The summed E-state index contributed by atoms with van der Waals surface area (Å²) in [7, 11) is 0. The fourth-order valence-corrected chi connectivity index (χ4v) is 2.37. The van der Waals surface area contributed by atoms with Crippen molar-refractivity contribution in [1.82, 2.24) is 9.55 Å². The van der Waals surface area contributed by atoms with Crippen LogP contribution in [0.3, 0.4) is 0 Å². The molecule has 7 nitrogen and oxygen atoms in total. The number of hydrogen-bond donors (Lipinski definition) is 3. The summed E-state index contributed by atoms with van der Waals surface area (Å²) in [4.78, 5) is 37.7. The molecule has 23 heavy (non-hydrogen) atoms. The molecule has 1 unspecified atom stereocenters. The van der Waals surface area contributed by atoms with Crippen molar-refractivity contribution in [3.8, 4) is 0 Å². The molecule has 1 atom stereocenters. The Morgan fingerprint density at radius 1 is 1.26 bits per heavy atom. The predicted molar refractivity (Wildman–Crippen MR) is 86.8 cm³/mol. The van der Waals surface area contributed by atoms with Crippen molar-refractivity contribution in [2.24, 2.45) is 0 Å². The lowest BCUT2D eigenvalue weighted by Crippen LogP contribution is -2.36. The standard InChI is InChI=1S/C16H19N3O4/c1-10(2)19-14(20)9-13(18-16(19)23)17-12(8-15(21)22)11-6-4-3-5-7-11/h3-7,9-10,12,17H,8H2,1-2H3,(H,18,23)(H,21,22). The maximum Gasteiger partial charge on any atom is 0.330 e. The first kappa shape index (κ1) is 16.5. The zero-order valence-electron chi connectivity index (χ0n) is 12.9. The molecule has 0 saturated carbocycles. The smallest absolute Gasteiger partial charge is 0.330 e. The molecule has 7 heteroatoms. The van der Waals surface area contributed by atoms with Crippen molar-refractivity contribution in [2.75, 3.05) is 5.32 Å². The van der Waals surface area contributed by atoms with Crippen LogP contribution >= 0.6 is 0 Å². The van der Waals surface area contributed by atoms with Crippen LogP contribution in [0.1, 0.15) is 37.9 Å². The number of aliphatic carboxylic acids is 1. The van der Waals surface area contributed by atoms with E-state index in [2.05, 4.69) is 10.3 Å².